The van der Waals surface area contributed by atoms with Crippen molar-refractivity contribution in [1.29, 1.82) is 0 Å². The van der Waals surface area contributed by atoms with E-state index >= 15 is 0 Å². The highest BCUT2D eigenvalue weighted by Crippen LogP contribution is 2.25. The summed E-state index contributed by atoms with van der Waals surface area (Å²) in [5.74, 6) is 0.836. The van der Waals surface area contributed by atoms with Crippen molar-refractivity contribution < 1.29 is 9.53 Å². The van der Waals surface area contributed by atoms with Crippen LogP contribution in [0.15, 0.2) is 42.6 Å². The monoisotopic (exact) mass is 341 g/mol. The molecule has 2 atom stereocenters. The number of ether oxygens (including phenoxy) is 1. The van der Waals surface area contributed by atoms with Gasteiger partial charge >= 0.3 is 0 Å². The van der Waals surface area contributed by atoms with Gasteiger partial charge in [-0.05, 0) is 43.5 Å². The number of hydrogen-bond donors (Lipinski definition) is 2. The van der Waals surface area contributed by atoms with Gasteiger partial charge in [0.1, 0.15) is 5.75 Å². The first-order chi connectivity index (χ1) is 11.9. The van der Waals surface area contributed by atoms with Crippen LogP contribution in [0, 0.1) is 12.8 Å². The van der Waals surface area contributed by atoms with Crippen LogP contribution in [0.2, 0.25) is 0 Å². The maximum atomic E-state index is 12.6. The van der Waals surface area contributed by atoms with E-state index in [2.05, 4.69) is 29.5 Å². The number of anilines is 1. The molecule has 0 aliphatic rings. The van der Waals surface area contributed by atoms with Gasteiger partial charge in [0, 0.05) is 6.20 Å². The van der Waals surface area contributed by atoms with Gasteiger partial charge in [0.25, 0.3) is 0 Å². The molecule has 0 fully saturated rings. The molecule has 5 nitrogen and oxygen atoms in total. The molecular weight excluding hydrogens is 314 g/mol. The van der Waals surface area contributed by atoms with Gasteiger partial charge in [-0.3, -0.25) is 15.1 Å². The van der Waals surface area contributed by atoms with E-state index < -0.39 is 0 Å². The van der Waals surface area contributed by atoms with Gasteiger partial charge in [0.2, 0.25) is 5.91 Å². The molecule has 0 saturated heterocycles. The lowest BCUT2D eigenvalue weighted by Gasteiger charge is -2.27. The van der Waals surface area contributed by atoms with E-state index in [0.717, 1.165) is 11.3 Å². The van der Waals surface area contributed by atoms with Crippen LogP contribution in [-0.4, -0.2) is 24.0 Å². The maximum Gasteiger partial charge on any atom is 0.241 e. The predicted molar refractivity (Wildman–Crippen MR) is 101 cm³/mol. The molecule has 2 aromatic rings. The highest BCUT2D eigenvalue weighted by Gasteiger charge is 2.24. The number of para-hydroxylation sites is 2. The minimum absolute atomic E-state index is 0.000353. The van der Waals surface area contributed by atoms with Gasteiger partial charge in [-0.25, -0.2) is 0 Å². The Bertz CT molecular complexity index is 716. The summed E-state index contributed by atoms with van der Waals surface area (Å²) >= 11 is 0. The number of carbonyl (C=O) groups excluding carboxylic acids is 1. The Kier molecular flexibility index (Phi) is 6.53. The minimum atomic E-state index is -0.376. The topological polar surface area (TPSA) is 63.2 Å². The number of nitrogens with zero attached hydrogens (tertiary/aromatic N) is 1. The molecule has 0 aliphatic heterocycles. The van der Waals surface area contributed by atoms with Gasteiger partial charge in [-0.1, -0.05) is 32.0 Å². The normalized spacial score (nSPS) is 13.4. The van der Waals surface area contributed by atoms with Crippen LogP contribution in [0.5, 0.6) is 5.75 Å². The van der Waals surface area contributed by atoms with Crippen molar-refractivity contribution in [3.05, 3.63) is 53.9 Å². The molecule has 0 radical (unpaired) electrons. The Morgan fingerprint density at radius 1 is 1.12 bits per heavy atom. The zero-order valence-electron chi connectivity index (χ0n) is 15.5. The maximum absolute atomic E-state index is 12.6. The number of rotatable bonds is 7. The molecule has 0 saturated carbocycles. The number of aromatic nitrogens is 1. The van der Waals surface area contributed by atoms with Crippen molar-refractivity contribution >= 4 is 11.6 Å². The lowest BCUT2D eigenvalue weighted by atomic mass is 9.96. The molecule has 1 amide bonds. The summed E-state index contributed by atoms with van der Waals surface area (Å²) in [6.45, 7) is 8.14. The highest BCUT2D eigenvalue weighted by molar-refractivity contribution is 5.95. The van der Waals surface area contributed by atoms with Crippen molar-refractivity contribution in [3.8, 4) is 5.75 Å². The summed E-state index contributed by atoms with van der Waals surface area (Å²) in [4.78, 5) is 17.1. The fourth-order valence-electron chi connectivity index (χ4n) is 2.74. The standard InChI is InChI=1S/C20H27N3O2/c1-13(2)18(19-14(3)9-8-12-21-19)22-15(4)20(24)23-16-10-6-7-11-17(16)25-5/h6-13,15,18,22H,1-5H3,(H,23,24)/t15-,18-/m0/s1. The van der Waals surface area contributed by atoms with Crippen molar-refractivity contribution in [2.75, 3.05) is 12.4 Å². The molecular formula is C20H27N3O2. The Labute approximate surface area is 149 Å². The third-order valence-electron chi connectivity index (χ3n) is 4.20. The van der Waals surface area contributed by atoms with Gasteiger partial charge < -0.3 is 10.1 Å². The predicted octanol–water partition coefficient (Wildman–Crippen LogP) is 3.71. The minimum Gasteiger partial charge on any atom is -0.495 e. The summed E-state index contributed by atoms with van der Waals surface area (Å²) in [6, 6.07) is 11.0. The van der Waals surface area contributed by atoms with E-state index in [1.165, 1.54) is 0 Å². The number of amides is 1. The first-order valence-corrected chi connectivity index (χ1v) is 8.55. The van der Waals surface area contributed by atoms with Crippen LogP contribution < -0.4 is 15.4 Å². The summed E-state index contributed by atoms with van der Waals surface area (Å²) in [5, 5.41) is 6.34. The summed E-state index contributed by atoms with van der Waals surface area (Å²) in [5.41, 5.74) is 2.76. The van der Waals surface area contributed by atoms with Gasteiger partial charge in [0.15, 0.2) is 0 Å². The van der Waals surface area contributed by atoms with E-state index in [4.69, 9.17) is 4.74 Å². The lowest BCUT2D eigenvalue weighted by molar-refractivity contribution is -0.118. The van der Waals surface area contributed by atoms with Crippen molar-refractivity contribution in [1.82, 2.24) is 10.3 Å². The van der Waals surface area contributed by atoms with Gasteiger partial charge in [-0.2, -0.15) is 0 Å². The van der Waals surface area contributed by atoms with Gasteiger partial charge in [-0.15, -0.1) is 0 Å². The van der Waals surface area contributed by atoms with Gasteiger partial charge in [0.05, 0.1) is 30.6 Å². The molecule has 0 aliphatic carbocycles. The second kappa shape index (κ2) is 8.62. The second-order valence-corrected chi connectivity index (χ2v) is 6.51. The third kappa shape index (κ3) is 4.79. The fraction of sp³-hybridized carbons (Fsp3) is 0.400. The third-order valence-corrected chi connectivity index (χ3v) is 4.20. The summed E-state index contributed by atoms with van der Waals surface area (Å²) < 4.78 is 5.29. The number of hydrogen-bond acceptors (Lipinski definition) is 4. The molecule has 134 valence electrons. The first kappa shape index (κ1) is 18.9. The molecule has 2 N–H and O–H groups in total. The number of pyridine rings is 1. The van der Waals surface area contributed by atoms with Crippen LogP contribution in [0.4, 0.5) is 5.69 Å². The van der Waals surface area contributed by atoms with Crippen LogP contribution in [0.3, 0.4) is 0 Å². The fourth-order valence-corrected chi connectivity index (χ4v) is 2.74. The summed E-state index contributed by atoms with van der Waals surface area (Å²) in [6.07, 6.45) is 1.79. The molecule has 0 bridgehead atoms. The van der Waals surface area contributed by atoms with Crippen LogP contribution in [0.1, 0.15) is 38.1 Å². The SMILES string of the molecule is COc1ccccc1NC(=O)[C@H](C)N[C@H](c1ncccc1C)C(C)C. The number of methoxy groups -OCH3 is 1. The average Bonchev–Trinajstić information content (AvgIpc) is 2.60. The number of carbonyl (C=O) groups is 1. The Hall–Kier alpha value is -2.40. The Morgan fingerprint density at radius 3 is 2.48 bits per heavy atom. The Morgan fingerprint density at radius 2 is 1.84 bits per heavy atom. The molecule has 5 heteroatoms. The van der Waals surface area contributed by atoms with E-state index in [-0.39, 0.29) is 18.0 Å². The molecule has 0 unspecified atom stereocenters. The van der Waals surface area contributed by atoms with Crippen molar-refractivity contribution in [3.63, 3.8) is 0 Å². The molecule has 2 rings (SSSR count). The molecule has 1 aromatic heterocycles. The first-order valence-electron chi connectivity index (χ1n) is 8.55. The van der Waals surface area contributed by atoms with Crippen molar-refractivity contribution in [2.24, 2.45) is 5.92 Å². The molecule has 0 spiro atoms. The smallest absolute Gasteiger partial charge is 0.241 e. The van der Waals surface area contributed by atoms with Crippen LogP contribution in [-0.2, 0) is 4.79 Å². The summed E-state index contributed by atoms with van der Waals surface area (Å²) in [7, 11) is 1.59. The Balaban J connectivity index is 2.12. The number of aryl methyl sites for hydroxylation is 1. The van der Waals surface area contributed by atoms with Crippen LogP contribution >= 0.6 is 0 Å². The molecule has 1 aromatic carbocycles. The van der Waals surface area contributed by atoms with Crippen molar-refractivity contribution in [2.45, 2.75) is 39.8 Å². The number of benzene rings is 1. The van der Waals surface area contributed by atoms with Crippen LogP contribution in [0.25, 0.3) is 0 Å². The average molecular weight is 341 g/mol. The zero-order chi connectivity index (χ0) is 18.4. The quantitative estimate of drug-likeness (QED) is 0.806. The van der Waals surface area contributed by atoms with E-state index in [1.807, 2.05) is 50.2 Å². The highest BCUT2D eigenvalue weighted by atomic mass is 16.5. The van der Waals surface area contributed by atoms with E-state index in [1.54, 1.807) is 13.3 Å². The van der Waals surface area contributed by atoms with E-state index in [9.17, 15) is 4.79 Å². The lowest BCUT2D eigenvalue weighted by Crippen LogP contribution is -2.42. The number of nitrogens with one attached hydrogen (secondary N) is 2. The molecule has 1 heterocycles. The zero-order valence-corrected chi connectivity index (χ0v) is 15.5. The largest absolute Gasteiger partial charge is 0.495 e. The van der Waals surface area contributed by atoms with E-state index in [0.29, 0.717) is 17.4 Å². The second-order valence-electron chi connectivity index (χ2n) is 6.51. The molecule has 25 heavy (non-hydrogen) atoms.